The minimum atomic E-state index is -0.402. The van der Waals surface area contributed by atoms with Crippen LogP contribution in [0, 0.1) is 0 Å². The van der Waals surface area contributed by atoms with Gasteiger partial charge in [-0.1, -0.05) is 0 Å². The molecule has 0 aromatic heterocycles. The van der Waals surface area contributed by atoms with Gasteiger partial charge in [0.05, 0.1) is 12.6 Å². The van der Waals surface area contributed by atoms with Crippen LogP contribution < -0.4 is 0 Å². The average Bonchev–Trinajstić information content (AvgIpc) is 2.93. The van der Waals surface area contributed by atoms with Crippen LogP contribution in [0.25, 0.3) is 0 Å². The number of hydrogen-bond donors (Lipinski definition) is 1. The molecule has 5 nitrogen and oxygen atoms in total. The summed E-state index contributed by atoms with van der Waals surface area (Å²) in [5, 5.41) is 10.2. The summed E-state index contributed by atoms with van der Waals surface area (Å²) in [6.45, 7) is 4.55. The number of nitrogens with zero attached hydrogens (tertiary/aromatic N) is 2. The van der Waals surface area contributed by atoms with Gasteiger partial charge in [-0.05, 0) is 38.5 Å². The van der Waals surface area contributed by atoms with Crippen LogP contribution in [0.2, 0.25) is 0 Å². The topological polar surface area (TPSA) is 53.0 Å². The van der Waals surface area contributed by atoms with E-state index in [0.717, 1.165) is 51.9 Å². The molecule has 3 rings (SSSR count). The van der Waals surface area contributed by atoms with Gasteiger partial charge in [-0.25, -0.2) is 0 Å². The molecular formula is C15H26N2O3. The van der Waals surface area contributed by atoms with E-state index in [4.69, 9.17) is 4.74 Å². The van der Waals surface area contributed by atoms with Crippen molar-refractivity contribution in [2.75, 3.05) is 39.3 Å². The van der Waals surface area contributed by atoms with E-state index in [1.165, 1.54) is 6.42 Å². The van der Waals surface area contributed by atoms with Crippen LogP contribution in [0.4, 0.5) is 0 Å². The largest absolute Gasteiger partial charge is 0.390 e. The predicted molar refractivity (Wildman–Crippen MR) is 75.4 cm³/mol. The highest BCUT2D eigenvalue weighted by atomic mass is 16.5. The summed E-state index contributed by atoms with van der Waals surface area (Å²) in [5.74, 6) is 0.245. The van der Waals surface area contributed by atoms with Crippen LogP contribution in [0.1, 0.15) is 38.5 Å². The number of likely N-dealkylation sites (tertiary alicyclic amines) is 2. The summed E-state index contributed by atoms with van der Waals surface area (Å²) in [5.41, 5.74) is -0.402. The molecule has 2 atom stereocenters. The van der Waals surface area contributed by atoms with Crippen molar-refractivity contribution >= 4 is 5.91 Å². The van der Waals surface area contributed by atoms with E-state index < -0.39 is 5.60 Å². The first-order valence-corrected chi connectivity index (χ1v) is 8.02. The monoisotopic (exact) mass is 282 g/mol. The average molecular weight is 282 g/mol. The fourth-order valence-electron chi connectivity index (χ4n) is 3.81. The van der Waals surface area contributed by atoms with E-state index in [2.05, 4.69) is 4.90 Å². The minimum absolute atomic E-state index is 0.245. The molecule has 0 bridgehead atoms. The van der Waals surface area contributed by atoms with Crippen LogP contribution in [0.15, 0.2) is 0 Å². The maximum Gasteiger partial charge on any atom is 0.236 e. The van der Waals surface area contributed by atoms with Crippen LogP contribution in [-0.2, 0) is 9.53 Å². The highest BCUT2D eigenvalue weighted by Crippen LogP contribution is 2.34. The Balaban J connectivity index is 1.56. The van der Waals surface area contributed by atoms with Crippen LogP contribution >= 0.6 is 0 Å². The summed E-state index contributed by atoms with van der Waals surface area (Å²) >= 11 is 0. The Labute approximate surface area is 120 Å². The molecule has 0 aromatic rings. The summed E-state index contributed by atoms with van der Waals surface area (Å²) in [4.78, 5) is 16.5. The second-order valence-electron chi connectivity index (χ2n) is 6.47. The van der Waals surface area contributed by atoms with E-state index >= 15 is 0 Å². The van der Waals surface area contributed by atoms with E-state index in [1.54, 1.807) is 0 Å². The third-order valence-corrected chi connectivity index (χ3v) is 5.02. The smallest absolute Gasteiger partial charge is 0.236 e. The lowest BCUT2D eigenvalue weighted by Gasteiger charge is -2.43. The number of carbonyl (C=O) groups is 1. The van der Waals surface area contributed by atoms with Crippen molar-refractivity contribution in [2.24, 2.45) is 0 Å². The molecule has 3 aliphatic rings. The molecule has 1 N–H and O–H groups in total. The first-order valence-electron chi connectivity index (χ1n) is 8.02. The van der Waals surface area contributed by atoms with E-state index in [0.29, 0.717) is 19.5 Å². The van der Waals surface area contributed by atoms with Gasteiger partial charge in [-0.3, -0.25) is 9.69 Å². The summed E-state index contributed by atoms with van der Waals surface area (Å²) in [7, 11) is 0. The van der Waals surface area contributed by atoms with Crippen molar-refractivity contribution in [3.63, 3.8) is 0 Å². The molecular weight excluding hydrogens is 256 g/mol. The lowest BCUT2D eigenvalue weighted by atomic mass is 9.87. The van der Waals surface area contributed by atoms with Crippen LogP contribution in [0.5, 0.6) is 0 Å². The first-order chi connectivity index (χ1) is 9.70. The summed E-state index contributed by atoms with van der Waals surface area (Å²) < 4.78 is 5.83. The number of hydrogen-bond acceptors (Lipinski definition) is 4. The molecule has 1 amide bonds. The molecule has 0 saturated carbocycles. The highest BCUT2D eigenvalue weighted by molar-refractivity contribution is 5.78. The van der Waals surface area contributed by atoms with Crippen molar-refractivity contribution in [3.05, 3.63) is 0 Å². The third kappa shape index (κ3) is 2.85. The fraction of sp³-hybridized carbons (Fsp3) is 0.933. The molecule has 0 aromatic carbocycles. The van der Waals surface area contributed by atoms with Gasteiger partial charge in [0, 0.05) is 32.8 Å². The standard InChI is InChI=1S/C15H26N2O3/c18-13-5-9-16(12-15(13)6-4-10-20-15)11-14(19)17-7-2-1-3-8-17/h13,18H,1-12H2/t13-,15-/m0/s1. The number of amides is 1. The molecule has 114 valence electrons. The van der Waals surface area contributed by atoms with Crippen molar-refractivity contribution in [1.29, 1.82) is 0 Å². The van der Waals surface area contributed by atoms with Crippen molar-refractivity contribution in [1.82, 2.24) is 9.80 Å². The first kappa shape index (κ1) is 14.3. The number of ether oxygens (including phenoxy) is 1. The lowest BCUT2D eigenvalue weighted by Crippen LogP contribution is -2.58. The van der Waals surface area contributed by atoms with E-state index in [1.807, 2.05) is 4.90 Å². The molecule has 3 saturated heterocycles. The predicted octanol–water partition coefficient (Wildman–Crippen LogP) is 0.615. The van der Waals surface area contributed by atoms with E-state index in [9.17, 15) is 9.90 Å². The van der Waals surface area contributed by atoms with Gasteiger partial charge in [0.1, 0.15) is 5.60 Å². The number of aliphatic hydroxyl groups excluding tert-OH is 1. The van der Waals surface area contributed by atoms with Gasteiger partial charge in [-0.2, -0.15) is 0 Å². The summed E-state index contributed by atoms with van der Waals surface area (Å²) in [6, 6.07) is 0. The molecule has 20 heavy (non-hydrogen) atoms. The third-order valence-electron chi connectivity index (χ3n) is 5.02. The van der Waals surface area contributed by atoms with Gasteiger partial charge >= 0.3 is 0 Å². The SMILES string of the molecule is O=C(CN1CC[C@H](O)[C@]2(CCCO2)C1)N1CCCCC1. The summed E-state index contributed by atoms with van der Waals surface area (Å²) in [6.07, 6.45) is 5.80. The number of piperidine rings is 2. The van der Waals surface area contributed by atoms with Crippen molar-refractivity contribution < 1.29 is 14.6 Å². The Hall–Kier alpha value is -0.650. The molecule has 3 aliphatic heterocycles. The number of rotatable bonds is 2. The normalized spacial score (nSPS) is 35.6. The Bertz CT molecular complexity index is 349. The quantitative estimate of drug-likeness (QED) is 0.806. The van der Waals surface area contributed by atoms with Gasteiger partial charge < -0.3 is 14.7 Å². The van der Waals surface area contributed by atoms with E-state index in [-0.39, 0.29) is 12.0 Å². The second-order valence-corrected chi connectivity index (χ2v) is 6.47. The maximum absolute atomic E-state index is 12.3. The van der Waals surface area contributed by atoms with Crippen molar-refractivity contribution in [2.45, 2.75) is 50.2 Å². The van der Waals surface area contributed by atoms with Crippen LogP contribution in [-0.4, -0.2) is 71.8 Å². The molecule has 0 radical (unpaired) electrons. The fourth-order valence-corrected chi connectivity index (χ4v) is 3.81. The molecule has 3 heterocycles. The van der Waals surface area contributed by atoms with Gasteiger partial charge in [-0.15, -0.1) is 0 Å². The zero-order valence-corrected chi connectivity index (χ0v) is 12.2. The Morgan fingerprint density at radius 3 is 2.70 bits per heavy atom. The molecule has 0 unspecified atom stereocenters. The lowest BCUT2D eigenvalue weighted by molar-refractivity contribution is -0.145. The maximum atomic E-state index is 12.3. The van der Waals surface area contributed by atoms with Crippen molar-refractivity contribution in [3.8, 4) is 0 Å². The molecule has 5 heteroatoms. The molecule has 1 spiro atoms. The molecule has 0 aliphatic carbocycles. The Kier molecular flexibility index (Phi) is 4.29. The number of aliphatic hydroxyl groups is 1. The highest BCUT2D eigenvalue weighted by Gasteiger charge is 2.46. The Morgan fingerprint density at radius 1 is 1.20 bits per heavy atom. The zero-order chi connectivity index (χ0) is 14.0. The van der Waals surface area contributed by atoms with Gasteiger partial charge in [0.15, 0.2) is 0 Å². The zero-order valence-electron chi connectivity index (χ0n) is 12.2. The van der Waals surface area contributed by atoms with Gasteiger partial charge in [0.25, 0.3) is 0 Å². The number of carbonyl (C=O) groups excluding carboxylic acids is 1. The molecule has 3 fully saturated rings. The Morgan fingerprint density at radius 2 is 2.00 bits per heavy atom. The van der Waals surface area contributed by atoms with Crippen LogP contribution in [0.3, 0.4) is 0 Å². The minimum Gasteiger partial charge on any atom is -0.390 e. The van der Waals surface area contributed by atoms with Gasteiger partial charge in [0.2, 0.25) is 5.91 Å². The second kappa shape index (κ2) is 6.00.